The number of carbonyl (C=O) groups is 1. The van der Waals surface area contributed by atoms with Crippen molar-refractivity contribution in [2.45, 2.75) is 18.4 Å². The van der Waals surface area contributed by atoms with Crippen molar-refractivity contribution in [3.63, 3.8) is 0 Å². The van der Waals surface area contributed by atoms with E-state index in [4.69, 9.17) is 4.74 Å². The van der Waals surface area contributed by atoms with Gasteiger partial charge in [-0.05, 0) is 36.4 Å². The van der Waals surface area contributed by atoms with Crippen LogP contribution in [0.4, 0.5) is 8.78 Å². The fraction of sp³-hybridized carbons (Fsp3) is 0.312. The van der Waals surface area contributed by atoms with E-state index in [9.17, 15) is 13.6 Å². The lowest BCUT2D eigenvalue weighted by atomic mass is 9.88. The minimum atomic E-state index is -0.856. The fourth-order valence-corrected chi connectivity index (χ4v) is 3.60. The van der Waals surface area contributed by atoms with Crippen LogP contribution in [0.5, 0.6) is 0 Å². The van der Waals surface area contributed by atoms with Crippen LogP contribution in [-0.4, -0.2) is 19.1 Å². The molecule has 1 aliphatic heterocycles. The molecule has 3 nitrogen and oxygen atoms in total. The number of nitrogens with one attached hydrogen (secondary N) is 1. The Morgan fingerprint density at radius 2 is 2.00 bits per heavy atom. The van der Waals surface area contributed by atoms with E-state index >= 15 is 0 Å². The summed E-state index contributed by atoms with van der Waals surface area (Å²) in [5, 5.41) is 4.88. The molecule has 1 fully saturated rings. The highest BCUT2D eigenvalue weighted by Gasteiger charge is 2.37. The summed E-state index contributed by atoms with van der Waals surface area (Å²) in [7, 11) is 0. The van der Waals surface area contributed by atoms with E-state index in [1.54, 1.807) is 11.3 Å². The van der Waals surface area contributed by atoms with Crippen molar-refractivity contribution in [3.8, 4) is 0 Å². The minimum absolute atomic E-state index is 0.149. The molecule has 1 aromatic carbocycles. The second-order valence-corrected chi connectivity index (χ2v) is 6.20. The predicted octanol–water partition coefficient (Wildman–Crippen LogP) is 3.46. The van der Waals surface area contributed by atoms with Gasteiger partial charge in [0.05, 0.1) is 11.1 Å². The number of thiophene rings is 1. The average Bonchev–Trinajstić information content (AvgIpc) is 3.03. The highest BCUT2D eigenvalue weighted by atomic mass is 32.1. The summed E-state index contributed by atoms with van der Waals surface area (Å²) in [6, 6.07) is 6.84. The highest BCUT2D eigenvalue weighted by molar-refractivity contribution is 7.10. The van der Waals surface area contributed by atoms with Gasteiger partial charge in [0.15, 0.2) is 0 Å². The van der Waals surface area contributed by atoms with Crippen LogP contribution in [0.15, 0.2) is 35.7 Å². The predicted molar refractivity (Wildman–Crippen MR) is 79.9 cm³/mol. The van der Waals surface area contributed by atoms with Crippen molar-refractivity contribution in [2.75, 3.05) is 13.2 Å². The molecular formula is C16H15F2NO2S. The van der Waals surface area contributed by atoms with E-state index in [2.05, 4.69) is 5.32 Å². The lowest BCUT2D eigenvalue weighted by Gasteiger charge is -2.37. The maximum atomic E-state index is 13.8. The number of hydrogen-bond donors (Lipinski definition) is 1. The first-order chi connectivity index (χ1) is 10.6. The normalized spacial score (nSPS) is 17.2. The van der Waals surface area contributed by atoms with Crippen molar-refractivity contribution < 1.29 is 18.3 Å². The molecule has 0 atom stereocenters. The maximum Gasteiger partial charge on any atom is 0.254 e. The van der Waals surface area contributed by atoms with Crippen LogP contribution in [0.3, 0.4) is 0 Å². The Bertz CT molecular complexity index is 667. The molecule has 1 N–H and O–H groups in total. The Kier molecular flexibility index (Phi) is 4.22. The van der Waals surface area contributed by atoms with Crippen LogP contribution in [0.2, 0.25) is 0 Å². The summed E-state index contributed by atoms with van der Waals surface area (Å²) in [5.74, 6) is -2.09. The summed E-state index contributed by atoms with van der Waals surface area (Å²) < 4.78 is 32.2. The molecule has 3 rings (SSSR count). The fourth-order valence-electron chi connectivity index (χ4n) is 2.66. The summed E-state index contributed by atoms with van der Waals surface area (Å²) in [6.07, 6.45) is 1.25. The molecule has 0 bridgehead atoms. The van der Waals surface area contributed by atoms with Crippen LogP contribution in [0, 0.1) is 11.6 Å². The quantitative estimate of drug-likeness (QED) is 0.939. The first-order valence-corrected chi connectivity index (χ1v) is 7.88. The van der Waals surface area contributed by atoms with Gasteiger partial charge in [-0.3, -0.25) is 4.79 Å². The molecule has 0 radical (unpaired) electrons. The van der Waals surface area contributed by atoms with E-state index < -0.39 is 23.1 Å². The van der Waals surface area contributed by atoms with E-state index in [-0.39, 0.29) is 5.56 Å². The second-order valence-electron chi connectivity index (χ2n) is 5.25. The van der Waals surface area contributed by atoms with Gasteiger partial charge >= 0.3 is 0 Å². The smallest absolute Gasteiger partial charge is 0.254 e. The number of hydrogen-bond acceptors (Lipinski definition) is 3. The Labute approximate surface area is 130 Å². The number of amides is 1. The standard InChI is InChI=1S/C16H15F2NO2S/c17-11-3-4-12(13(18)10-11)15(20)19-16(5-7-21-8-6-16)14-2-1-9-22-14/h1-4,9-10H,5-8H2,(H,19,20). The van der Waals surface area contributed by atoms with Gasteiger partial charge in [0.2, 0.25) is 0 Å². The zero-order chi connectivity index (χ0) is 15.6. The van der Waals surface area contributed by atoms with Gasteiger partial charge < -0.3 is 10.1 Å². The lowest BCUT2D eigenvalue weighted by Crippen LogP contribution is -2.49. The van der Waals surface area contributed by atoms with Gasteiger partial charge in [0.25, 0.3) is 5.91 Å². The van der Waals surface area contributed by atoms with Gasteiger partial charge in [0, 0.05) is 24.2 Å². The number of benzene rings is 1. The molecule has 2 aromatic rings. The van der Waals surface area contributed by atoms with Crippen LogP contribution in [-0.2, 0) is 10.3 Å². The van der Waals surface area contributed by atoms with Crippen molar-refractivity contribution in [3.05, 3.63) is 57.8 Å². The van der Waals surface area contributed by atoms with E-state index in [0.29, 0.717) is 26.1 Å². The van der Waals surface area contributed by atoms with Crippen molar-refractivity contribution in [1.29, 1.82) is 0 Å². The SMILES string of the molecule is O=C(NC1(c2cccs2)CCOCC1)c1ccc(F)cc1F. The first-order valence-electron chi connectivity index (χ1n) is 7.00. The molecule has 0 aliphatic carbocycles. The molecule has 1 aromatic heterocycles. The van der Waals surface area contributed by atoms with Gasteiger partial charge in [-0.25, -0.2) is 8.78 Å². The van der Waals surface area contributed by atoms with Crippen LogP contribution < -0.4 is 5.32 Å². The van der Waals surface area contributed by atoms with Crippen LogP contribution in [0.25, 0.3) is 0 Å². The third-order valence-electron chi connectivity index (χ3n) is 3.87. The number of carbonyl (C=O) groups excluding carboxylic acids is 1. The Morgan fingerprint density at radius 3 is 2.64 bits per heavy atom. The molecule has 6 heteroatoms. The average molecular weight is 323 g/mol. The molecule has 116 valence electrons. The zero-order valence-corrected chi connectivity index (χ0v) is 12.6. The lowest BCUT2D eigenvalue weighted by molar-refractivity contribution is 0.0357. The third-order valence-corrected chi connectivity index (χ3v) is 4.94. The van der Waals surface area contributed by atoms with E-state index in [1.807, 2.05) is 17.5 Å². The number of rotatable bonds is 3. The largest absolute Gasteiger partial charge is 0.381 e. The summed E-state index contributed by atoms with van der Waals surface area (Å²) in [6.45, 7) is 1.06. The number of halogens is 2. The van der Waals surface area contributed by atoms with Gasteiger partial charge in [-0.15, -0.1) is 11.3 Å². The molecule has 0 saturated carbocycles. The van der Waals surface area contributed by atoms with Gasteiger partial charge in [0.1, 0.15) is 11.6 Å². The molecule has 22 heavy (non-hydrogen) atoms. The number of ether oxygens (including phenoxy) is 1. The summed E-state index contributed by atoms with van der Waals surface area (Å²) in [4.78, 5) is 13.5. The molecule has 0 spiro atoms. The summed E-state index contributed by atoms with van der Waals surface area (Å²) >= 11 is 1.55. The maximum absolute atomic E-state index is 13.8. The molecular weight excluding hydrogens is 308 g/mol. The van der Waals surface area contributed by atoms with Crippen molar-refractivity contribution >= 4 is 17.2 Å². The second kappa shape index (κ2) is 6.14. The third kappa shape index (κ3) is 2.89. The monoisotopic (exact) mass is 323 g/mol. The highest BCUT2D eigenvalue weighted by Crippen LogP contribution is 2.35. The topological polar surface area (TPSA) is 38.3 Å². The molecule has 1 amide bonds. The minimum Gasteiger partial charge on any atom is -0.381 e. The first kappa shape index (κ1) is 15.1. The Morgan fingerprint density at radius 1 is 1.23 bits per heavy atom. The Balaban J connectivity index is 1.89. The molecule has 1 aliphatic rings. The van der Waals surface area contributed by atoms with Crippen LogP contribution >= 0.6 is 11.3 Å². The Hall–Kier alpha value is -1.79. The van der Waals surface area contributed by atoms with E-state index in [0.717, 1.165) is 17.0 Å². The van der Waals surface area contributed by atoms with Crippen molar-refractivity contribution in [1.82, 2.24) is 5.32 Å². The molecule has 1 saturated heterocycles. The van der Waals surface area contributed by atoms with Crippen molar-refractivity contribution in [2.24, 2.45) is 0 Å². The van der Waals surface area contributed by atoms with Gasteiger partial charge in [-0.1, -0.05) is 6.07 Å². The molecule has 2 heterocycles. The van der Waals surface area contributed by atoms with E-state index in [1.165, 1.54) is 6.07 Å². The van der Waals surface area contributed by atoms with Crippen LogP contribution in [0.1, 0.15) is 28.1 Å². The zero-order valence-electron chi connectivity index (χ0n) is 11.8. The summed E-state index contributed by atoms with van der Waals surface area (Å²) in [5.41, 5.74) is -0.701. The van der Waals surface area contributed by atoms with Gasteiger partial charge in [-0.2, -0.15) is 0 Å². The molecule has 0 unspecified atom stereocenters.